The van der Waals surface area contributed by atoms with Crippen LogP contribution in [0.2, 0.25) is 0 Å². The van der Waals surface area contributed by atoms with Crippen LogP contribution in [0.3, 0.4) is 0 Å². The molecule has 2 rings (SSSR count). The Morgan fingerprint density at radius 1 is 1.33 bits per heavy atom. The summed E-state index contributed by atoms with van der Waals surface area (Å²) in [6, 6.07) is 3.17. The summed E-state index contributed by atoms with van der Waals surface area (Å²) in [5, 5.41) is 3.12. The Labute approximate surface area is 105 Å². The molecule has 0 bridgehead atoms. The largest absolute Gasteiger partial charge is 0.337 e. The number of halogens is 2. The number of rotatable bonds is 2. The number of piperidine rings is 1. The molecule has 18 heavy (non-hydrogen) atoms. The van der Waals surface area contributed by atoms with Gasteiger partial charge in [-0.15, -0.1) is 0 Å². The maximum Gasteiger partial charge on any atom is 0.254 e. The van der Waals surface area contributed by atoms with E-state index >= 15 is 0 Å². The first-order valence-corrected chi connectivity index (χ1v) is 6.03. The topological polar surface area (TPSA) is 32.3 Å². The quantitative estimate of drug-likeness (QED) is 0.872. The van der Waals surface area contributed by atoms with Crippen LogP contribution in [0, 0.1) is 11.6 Å². The average Bonchev–Trinajstić information content (AvgIpc) is 2.37. The van der Waals surface area contributed by atoms with Crippen molar-refractivity contribution >= 4 is 5.91 Å². The Bertz CT molecular complexity index is 430. The lowest BCUT2D eigenvalue weighted by atomic mass is 10.0. The second-order valence-corrected chi connectivity index (χ2v) is 4.54. The molecule has 1 aromatic rings. The van der Waals surface area contributed by atoms with Crippen molar-refractivity contribution in [2.24, 2.45) is 0 Å². The second kappa shape index (κ2) is 5.44. The van der Waals surface area contributed by atoms with Crippen LogP contribution in [0.25, 0.3) is 0 Å². The van der Waals surface area contributed by atoms with Crippen LogP contribution in [0.1, 0.15) is 23.2 Å². The zero-order valence-corrected chi connectivity index (χ0v) is 10.2. The van der Waals surface area contributed by atoms with Crippen molar-refractivity contribution in [1.29, 1.82) is 0 Å². The van der Waals surface area contributed by atoms with Crippen LogP contribution in [0.15, 0.2) is 18.2 Å². The van der Waals surface area contributed by atoms with E-state index in [1.807, 2.05) is 7.05 Å². The lowest BCUT2D eigenvalue weighted by Gasteiger charge is -2.32. The van der Waals surface area contributed by atoms with Gasteiger partial charge in [-0.1, -0.05) is 0 Å². The number of likely N-dealkylation sites (N-methyl/N-ethyl adjacent to an activating group) is 1. The van der Waals surface area contributed by atoms with Crippen LogP contribution in [-0.2, 0) is 0 Å². The minimum atomic E-state index is -0.722. The Balaban J connectivity index is 2.15. The van der Waals surface area contributed by atoms with Gasteiger partial charge in [0.25, 0.3) is 5.91 Å². The van der Waals surface area contributed by atoms with Gasteiger partial charge in [-0.25, -0.2) is 8.78 Å². The van der Waals surface area contributed by atoms with Gasteiger partial charge in [-0.2, -0.15) is 0 Å². The lowest BCUT2D eigenvalue weighted by Crippen LogP contribution is -2.47. The molecule has 3 nitrogen and oxygen atoms in total. The summed E-state index contributed by atoms with van der Waals surface area (Å²) in [7, 11) is 1.85. The number of nitrogens with zero attached hydrogens (tertiary/aromatic N) is 1. The Hall–Kier alpha value is -1.49. The van der Waals surface area contributed by atoms with Crippen molar-refractivity contribution in [2.75, 3.05) is 20.1 Å². The monoisotopic (exact) mass is 254 g/mol. The number of carbonyl (C=O) groups excluding carboxylic acids is 1. The molecule has 0 aromatic heterocycles. The maximum absolute atomic E-state index is 13.1. The normalized spacial score (nSPS) is 19.9. The van der Waals surface area contributed by atoms with Gasteiger partial charge >= 0.3 is 0 Å². The van der Waals surface area contributed by atoms with Gasteiger partial charge in [-0.3, -0.25) is 4.79 Å². The van der Waals surface area contributed by atoms with Gasteiger partial charge in [-0.05, 0) is 32.0 Å². The number of hydrogen-bond acceptors (Lipinski definition) is 2. The SMILES string of the molecule is CNC1CCCN(C(=O)c2cc(F)cc(F)c2)C1. The summed E-state index contributed by atoms with van der Waals surface area (Å²) in [6.45, 7) is 1.21. The predicted octanol–water partition coefficient (Wildman–Crippen LogP) is 1.79. The summed E-state index contributed by atoms with van der Waals surface area (Å²) in [5.74, 6) is -1.76. The van der Waals surface area contributed by atoms with E-state index in [-0.39, 0.29) is 17.5 Å². The highest BCUT2D eigenvalue weighted by Crippen LogP contribution is 2.15. The molecule has 0 radical (unpaired) electrons. The number of nitrogens with one attached hydrogen (secondary N) is 1. The van der Waals surface area contributed by atoms with Gasteiger partial charge in [0.15, 0.2) is 0 Å². The van der Waals surface area contributed by atoms with E-state index in [9.17, 15) is 13.6 Å². The molecule has 1 aliphatic rings. The molecular formula is C13H16F2N2O. The van der Waals surface area contributed by atoms with Gasteiger partial charge < -0.3 is 10.2 Å². The number of carbonyl (C=O) groups is 1. The smallest absolute Gasteiger partial charge is 0.254 e. The third-order valence-electron chi connectivity index (χ3n) is 3.23. The highest BCUT2D eigenvalue weighted by molar-refractivity contribution is 5.94. The molecule has 1 fully saturated rings. The van der Waals surface area contributed by atoms with E-state index in [1.165, 1.54) is 0 Å². The molecule has 5 heteroatoms. The van der Waals surface area contributed by atoms with E-state index in [2.05, 4.69) is 5.32 Å². The predicted molar refractivity (Wildman–Crippen MR) is 64.3 cm³/mol. The van der Waals surface area contributed by atoms with Gasteiger partial charge in [0.05, 0.1) is 0 Å². The first-order valence-electron chi connectivity index (χ1n) is 6.03. The van der Waals surface area contributed by atoms with Crippen LogP contribution < -0.4 is 5.32 Å². The molecule has 1 heterocycles. The van der Waals surface area contributed by atoms with Gasteiger partial charge in [0.2, 0.25) is 0 Å². The number of amides is 1. The first-order chi connectivity index (χ1) is 8.60. The molecule has 1 amide bonds. The molecular weight excluding hydrogens is 238 g/mol. The highest BCUT2D eigenvalue weighted by Gasteiger charge is 2.24. The third kappa shape index (κ3) is 2.85. The lowest BCUT2D eigenvalue weighted by molar-refractivity contribution is 0.0697. The van der Waals surface area contributed by atoms with Crippen LogP contribution in [-0.4, -0.2) is 37.0 Å². The zero-order valence-electron chi connectivity index (χ0n) is 10.2. The van der Waals surface area contributed by atoms with Gasteiger partial charge in [0.1, 0.15) is 11.6 Å². The second-order valence-electron chi connectivity index (χ2n) is 4.54. The van der Waals surface area contributed by atoms with Crippen molar-refractivity contribution in [3.05, 3.63) is 35.4 Å². The van der Waals surface area contributed by atoms with E-state index in [1.54, 1.807) is 4.90 Å². The molecule has 0 aliphatic carbocycles. The summed E-state index contributed by atoms with van der Waals surface area (Å²) in [6.07, 6.45) is 1.91. The van der Waals surface area contributed by atoms with Crippen LogP contribution >= 0.6 is 0 Å². The number of hydrogen-bond donors (Lipinski definition) is 1. The summed E-state index contributed by atoms with van der Waals surface area (Å²) in [4.78, 5) is 13.8. The Morgan fingerprint density at radius 2 is 2.00 bits per heavy atom. The fourth-order valence-electron chi connectivity index (χ4n) is 2.26. The van der Waals surface area contributed by atoms with Crippen molar-refractivity contribution in [3.8, 4) is 0 Å². The molecule has 1 N–H and O–H groups in total. The van der Waals surface area contributed by atoms with E-state index in [0.29, 0.717) is 13.1 Å². The number of likely N-dealkylation sites (tertiary alicyclic amines) is 1. The highest BCUT2D eigenvalue weighted by atomic mass is 19.1. The fraction of sp³-hybridized carbons (Fsp3) is 0.462. The van der Waals surface area contributed by atoms with Crippen molar-refractivity contribution in [2.45, 2.75) is 18.9 Å². The average molecular weight is 254 g/mol. The van der Waals surface area contributed by atoms with Crippen molar-refractivity contribution < 1.29 is 13.6 Å². The molecule has 1 aromatic carbocycles. The fourth-order valence-corrected chi connectivity index (χ4v) is 2.26. The molecule has 1 saturated heterocycles. The Morgan fingerprint density at radius 3 is 2.61 bits per heavy atom. The van der Waals surface area contributed by atoms with E-state index < -0.39 is 11.6 Å². The van der Waals surface area contributed by atoms with Gasteiger partial charge in [0, 0.05) is 30.8 Å². The first kappa shape index (κ1) is 13.0. The standard InChI is InChI=1S/C13H16F2N2O/c1-16-12-3-2-4-17(8-12)13(18)9-5-10(14)7-11(15)6-9/h5-7,12,16H,2-4,8H2,1H3. The summed E-state index contributed by atoms with van der Waals surface area (Å²) >= 11 is 0. The summed E-state index contributed by atoms with van der Waals surface area (Å²) < 4.78 is 26.2. The molecule has 1 aliphatic heterocycles. The minimum absolute atomic E-state index is 0.0734. The third-order valence-corrected chi connectivity index (χ3v) is 3.23. The van der Waals surface area contributed by atoms with Crippen LogP contribution in [0.5, 0.6) is 0 Å². The maximum atomic E-state index is 13.1. The molecule has 1 unspecified atom stereocenters. The van der Waals surface area contributed by atoms with E-state index in [0.717, 1.165) is 31.0 Å². The molecule has 0 saturated carbocycles. The van der Waals surface area contributed by atoms with Crippen molar-refractivity contribution in [1.82, 2.24) is 10.2 Å². The number of benzene rings is 1. The summed E-state index contributed by atoms with van der Waals surface area (Å²) in [5.41, 5.74) is 0.0734. The minimum Gasteiger partial charge on any atom is -0.337 e. The molecule has 1 atom stereocenters. The Kier molecular flexibility index (Phi) is 3.91. The molecule has 98 valence electrons. The zero-order chi connectivity index (χ0) is 13.1. The molecule has 0 spiro atoms. The van der Waals surface area contributed by atoms with Crippen molar-refractivity contribution in [3.63, 3.8) is 0 Å². The van der Waals surface area contributed by atoms with E-state index in [4.69, 9.17) is 0 Å². The van der Waals surface area contributed by atoms with Crippen LogP contribution in [0.4, 0.5) is 8.78 Å².